The highest BCUT2D eigenvalue weighted by atomic mass is 16.5. The molecule has 0 bridgehead atoms. The monoisotopic (exact) mass is 168 g/mol. The zero-order valence-corrected chi connectivity index (χ0v) is 7.04. The zero-order chi connectivity index (χ0) is 8.81. The third kappa shape index (κ3) is 2.74. The lowest BCUT2D eigenvalue weighted by Gasteiger charge is -2.08. The van der Waals surface area contributed by atoms with Crippen LogP contribution >= 0.6 is 0 Å². The molecule has 0 radical (unpaired) electrons. The Morgan fingerprint density at radius 1 is 1.83 bits per heavy atom. The van der Waals surface area contributed by atoms with Crippen LogP contribution in [-0.4, -0.2) is 25.4 Å². The molecular formula is C8H12N2O2. The van der Waals surface area contributed by atoms with Crippen LogP contribution in [0.25, 0.3) is 0 Å². The van der Waals surface area contributed by atoms with Gasteiger partial charge in [-0.1, -0.05) is 6.92 Å². The Balaban J connectivity index is 2.23. The van der Waals surface area contributed by atoms with Crippen LogP contribution in [-0.2, 0) is 9.53 Å². The van der Waals surface area contributed by atoms with Gasteiger partial charge in [0.05, 0.1) is 12.8 Å². The van der Waals surface area contributed by atoms with Crippen molar-refractivity contribution in [2.24, 2.45) is 4.99 Å². The van der Waals surface area contributed by atoms with Crippen molar-refractivity contribution in [3.8, 4) is 0 Å². The molecule has 0 unspecified atom stereocenters. The molecule has 0 aromatic heterocycles. The molecular weight excluding hydrogens is 156 g/mol. The van der Waals surface area contributed by atoms with Gasteiger partial charge in [-0.3, -0.25) is 9.79 Å². The molecule has 0 aromatic rings. The van der Waals surface area contributed by atoms with E-state index in [4.69, 9.17) is 4.74 Å². The maximum Gasteiger partial charge on any atom is 0.219 e. The first-order valence-electron chi connectivity index (χ1n) is 3.91. The summed E-state index contributed by atoms with van der Waals surface area (Å²) < 4.78 is 4.84. The average molecular weight is 168 g/mol. The second-order valence-corrected chi connectivity index (χ2v) is 2.49. The topological polar surface area (TPSA) is 50.7 Å². The number of hydrogen-bond acceptors (Lipinski definition) is 3. The highest BCUT2D eigenvalue weighted by molar-refractivity contribution is 5.75. The van der Waals surface area contributed by atoms with Crippen molar-refractivity contribution in [2.75, 3.05) is 13.1 Å². The Morgan fingerprint density at radius 3 is 3.25 bits per heavy atom. The van der Waals surface area contributed by atoms with E-state index in [9.17, 15) is 4.79 Å². The van der Waals surface area contributed by atoms with Crippen molar-refractivity contribution in [3.05, 3.63) is 11.8 Å². The summed E-state index contributed by atoms with van der Waals surface area (Å²) in [6.07, 6.45) is 3.52. The summed E-state index contributed by atoms with van der Waals surface area (Å²) in [5.74, 6) is 0.0467. The molecule has 1 rings (SSSR count). The lowest BCUT2D eigenvalue weighted by molar-refractivity contribution is -0.120. The minimum Gasteiger partial charge on any atom is -0.454 e. The number of nitrogens with one attached hydrogen (secondary N) is 1. The van der Waals surface area contributed by atoms with E-state index in [0.29, 0.717) is 19.5 Å². The Hall–Kier alpha value is -1.32. The van der Waals surface area contributed by atoms with Crippen LogP contribution in [0.15, 0.2) is 16.8 Å². The van der Waals surface area contributed by atoms with Crippen LogP contribution in [0.5, 0.6) is 0 Å². The number of amides is 1. The molecule has 0 aromatic carbocycles. The predicted octanol–water partition coefficient (Wildman–Crippen LogP) is 0.455. The van der Waals surface area contributed by atoms with E-state index in [2.05, 4.69) is 10.3 Å². The van der Waals surface area contributed by atoms with Crippen LogP contribution < -0.4 is 5.32 Å². The lowest BCUT2D eigenvalue weighted by atomic mass is 10.3. The van der Waals surface area contributed by atoms with Crippen molar-refractivity contribution in [2.45, 2.75) is 13.3 Å². The van der Waals surface area contributed by atoms with Crippen molar-refractivity contribution in [1.29, 1.82) is 0 Å². The van der Waals surface area contributed by atoms with Crippen LogP contribution in [0.2, 0.25) is 0 Å². The molecule has 1 N–H and O–H groups in total. The highest BCUT2D eigenvalue weighted by Crippen LogP contribution is 1.98. The Labute approximate surface area is 71.3 Å². The molecule has 1 aliphatic rings. The van der Waals surface area contributed by atoms with E-state index < -0.39 is 0 Å². The number of carbonyl (C=O) groups excluding carboxylic acids is 1. The van der Waals surface area contributed by atoms with Gasteiger partial charge in [0.15, 0.2) is 6.40 Å². The van der Waals surface area contributed by atoms with E-state index in [-0.39, 0.29) is 5.91 Å². The lowest BCUT2D eigenvalue weighted by Crippen LogP contribution is -2.25. The molecule has 1 amide bonds. The summed E-state index contributed by atoms with van der Waals surface area (Å²) in [7, 11) is 0. The third-order valence-corrected chi connectivity index (χ3v) is 1.50. The molecule has 0 saturated heterocycles. The summed E-state index contributed by atoms with van der Waals surface area (Å²) in [6, 6.07) is 0. The normalized spacial score (nSPS) is 14.9. The molecule has 0 saturated carbocycles. The molecule has 4 nitrogen and oxygen atoms in total. The number of hydrogen-bond donors (Lipinski definition) is 1. The van der Waals surface area contributed by atoms with E-state index >= 15 is 0 Å². The van der Waals surface area contributed by atoms with Gasteiger partial charge in [0.25, 0.3) is 0 Å². The van der Waals surface area contributed by atoms with Crippen LogP contribution in [0, 0.1) is 0 Å². The molecule has 0 aliphatic carbocycles. The highest BCUT2D eigenvalue weighted by Gasteiger charge is 2.02. The fourth-order valence-corrected chi connectivity index (χ4v) is 0.796. The minimum atomic E-state index is 0.0467. The van der Waals surface area contributed by atoms with Gasteiger partial charge in [-0.15, -0.1) is 0 Å². The predicted molar refractivity (Wildman–Crippen MR) is 45.8 cm³/mol. The number of carbonyl (C=O) groups is 1. The quantitative estimate of drug-likeness (QED) is 0.665. The van der Waals surface area contributed by atoms with Crippen molar-refractivity contribution in [1.82, 2.24) is 5.32 Å². The second-order valence-electron chi connectivity index (χ2n) is 2.49. The molecule has 1 aliphatic heterocycles. The molecule has 1 heterocycles. The minimum absolute atomic E-state index is 0.0467. The Morgan fingerprint density at radius 2 is 2.67 bits per heavy atom. The van der Waals surface area contributed by atoms with Gasteiger partial charge in [-0.05, 0) is 0 Å². The molecule has 0 spiro atoms. The first kappa shape index (κ1) is 8.77. The van der Waals surface area contributed by atoms with Gasteiger partial charge < -0.3 is 10.1 Å². The van der Waals surface area contributed by atoms with Gasteiger partial charge in [-0.25, -0.2) is 0 Å². The summed E-state index contributed by atoms with van der Waals surface area (Å²) >= 11 is 0. The van der Waals surface area contributed by atoms with Crippen molar-refractivity contribution >= 4 is 12.3 Å². The molecule has 0 fully saturated rings. The Kier molecular flexibility index (Phi) is 3.32. The molecule has 4 heteroatoms. The van der Waals surface area contributed by atoms with Crippen LogP contribution in [0.1, 0.15) is 13.3 Å². The number of rotatable bonds is 3. The summed E-state index contributed by atoms with van der Waals surface area (Å²) in [4.78, 5) is 14.7. The van der Waals surface area contributed by atoms with Crippen molar-refractivity contribution in [3.63, 3.8) is 0 Å². The second kappa shape index (κ2) is 4.54. The van der Waals surface area contributed by atoms with E-state index in [0.717, 1.165) is 5.57 Å². The SMILES string of the molecule is CCC(=O)NCC1=COC=NC1. The molecule has 0 atom stereocenters. The third-order valence-electron chi connectivity index (χ3n) is 1.50. The largest absolute Gasteiger partial charge is 0.454 e. The maximum absolute atomic E-state index is 10.8. The van der Waals surface area contributed by atoms with Gasteiger partial charge in [0.1, 0.15) is 0 Å². The van der Waals surface area contributed by atoms with Crippen molar-refractivity contribution < 1.29 is 9.53 Å². The van der Waals surface area contributed by atoms with Gasteiger partial charge in [0.2, 0.25) is 5.91 Å². The summed E-state index contributed by atoms with van der Waals surface area (Å²) in [6.45, 7) is 2.97. The summed E-state index contributed by atoms with van der Waals surface area (Å²) in [5, 5.41) is 2.74. The van der Waals surface area contributed by atoms with E-state index in [1.807, 2.05) is 6.92 Å². The first-order chi connectivity index (χ1) is 5.83. The maximum atomic E-state index is 10.8. The van der Waals surface area contributed by atoms with Crippen LogP contribution in [0.3, 0.4) is 0 Å². The smallest absolute Gasteiger partial charge is 0.219 e. The number of ether oxygens (including phenoxy) is 1. The van der Waals surface area contributed by atoms with Gasteiger partial charge in [-0.2, -0.15) is 0 Å². The van der Waals surface area contributed by atoms with Crippen LogP contribution in [0.4, 0.5) is 0 Å². The van der Waals surface area contributed by atoms with E-state index in [1.165, 1.54) is 6.40 Å². The number of nitrogens with zero attached hydrogens (tertiary/aromatic N) is 1. The summed E-state index contributed by atoms with van der Waals surface area (Å²) in [5.41, 5.74) is 0.985. The number of aliphatic imine (C=N–C) groups is 1. The molecule has 12 heavy (non-hydrogen) atoms. The van der Waals surface area contributed by atoms with Gasteiger partial charge in [0, 0.05) is 18.5 Å². The zero-order valence-electron chi connectivity index (χ0n) is 7.04. The Bertz CT molecular complexity index is 221. The fraction of sp³-hybridized carbons (Fsp3) is 0.500. The average Bonchev–Trinajstić information content (AvgIpc) is 2.16. The first-order valence-corrected chi connectivity index (χ1v) is 3.91. The molecule has 66 valence electrons. The van der Waals surface area contributed by atoms with Gasteiger partial charge >= 0.3 is 0 Å². The standard InChI is InChI=1S/C8H12N2O2/c1-2-8(11)10-4-7-3-9-6-12-5-7/h5-6H,2-4H2,1H3,(H,10,11). The fourth-order valence-electron chi connectivity index (χ4n) is 0.796. The van der Waals surface area contributed by atoms with E-state index in [1.54, 1.807) is 6.26 Å².